The topological polar surface area (TPSA) is 56.4 Å². The first-order valence-corrected chi connectivity index (χ1v) is 10.8. The van der Waals surface area contributed by atoms with Crippen LogP contribution in [0.3, 0.4) is 0 Å². The van der Waals surface area contributed by atoms with Gasteiger partial charge in [0.2, 0.25) is 11.8 Å². The Hall–Kier alpha value is -2.60. The van der Waals surface area contributed by atoms with Crippen molar-refractivity contribution in [1.82, 2.24) is 14.8 Å². The first kappa shape index (κ1) is 17.5. The maximum absolute atomic E-state index is 13.3. The predicted molar refractivity (Wildman–Crippen MR) is 110 cm³/mol. The van der Waals surface area contributed by atoms with Crippen LogP contribution in [0.1, 0.15) is 42.6 Å². The van der Waals surface area contributed by atoms with E-state index < -0.39 is 6.04 Å². The van der Waals surface area contributed by atoms with Crippen molar-refractivity contribution >= 4 is 34.1 Å². The number of para-hydroxylation sites is 1. The highest BCUT2D eigenvalue weighted by atomic mass is 32.1. The average Bonchev–Trinajstić information content (AvgIpc) is 3.36. The largest absolute Gasteiger partial charge is 0.356 e. The summed E-state index contributed by atoms with van der Waals surface area (Å²) in [5, 5.41) is 5.28. The molecule has 1 N–H and O–H groups in total. The molecule has 2 aliphatic heterocycles. The van der Waals surface area contributed by atoms with Crippen LogP contribution in [0.25, 0.3) is 10.9 Å². The highest BCUT2D eigenvalue weighted by Gasteiger charge is 2.48. The number of hydrogen-bond acceptors (Lipinski definition) is 3. The molecule has 1 fully saturated rings. The highest BCUT2D eigenvalue weighted by molar-refractivity contribution is 7.08. The third kappa shape index (κ3) is 2.58. The van der Waals surface area contributed by atoms with E-state index in [0.717, 1.165) is 35.0 Å². The van der Waals surface area contributed by atoms with Crippen LogP contribution in [0.5, 0.6) is 0 Å². The van der Waals surface area contributed by atoms with E-state index in [2.05, 4.69) is 35.5 Å². The van der Waals surface area contributed by atoms with Crippen LogP contribution in [0.4, 0.5) is 0 Å². The van der Waals surface area contributed by atoms with Crippen molar-refractivity contribution in [2.45, 2.75) is 38.3 Å². The predicted octanol–water partition coefficient (Wildman–Crippen LogP) is 3.71. The monoisotopic (exact) mass is 393 g/mol. The molecule has 4 heterocycles. The van der Waals surface area contributed by atoms with E-state index in [-0.39, 0.29) is 24.4 Å². The number of benzene rings is 1. The van der Waals surface area contributed by atoms with Crippen LogP contribution in [-0.4, -0.2) is 45.7 Å². The fraction of sp³-hybridized carbons (Fsp3) is 0.364. The van der Waals surface area contributed by atoms with Gasteiger partial charge < -0.3 is 14.8 Å². The van der Waals surface area contributed by atoms with Crippen LogP contribution in [0, 0.1) is 0 Å². The lowest BCUT2D eigenvalue weighted by Crippen LogP contribution is -2.63. The minimum absolute atomic E-state index is 0.0428. The number of rotatable bonds is 4. The van der Waals surface area contributed by atoms with Crippen LogP contribution in [-0.2, 0) is 16.0 Å². The SMILES string of the molecule is CCCCN1CC(=O)N2[C@@H](c3ccsc3)c3[nH]c4ccccc4c3C[C@H]2C1=O. The van der Waals surface area contributed by atoms with Gasteiger partial charge in [-0.2, -0.15) is 11.3 Å². The van der Waals surface area contributed by atoms with E-state index in [1.165, 1.54) is 5.56 Å². The minimum atomic E-state index is -0.422. The summed E-state index contributed by atoms with van der Waals surface area (Å²) in [5.41, 5.74) is 4.37. The van der Waals surface area contributed by atoms with Gasteiger partial charge in [0.15, 0.2) is 0 Å². The summed E-state index contributed by atoms with van der Waals surface area (Å²) < 4.78 is 0. The number of carbonyl (C=O) groups is 2. The molecular weight excluding hydrogens is 370 g/mol. The Morgan fingerprint density at radius 3 is 2.86 bits per heavy atom. The maximum atomic E-state index is 13.3. The molecule has 5 rings (SSSR count). The molecule has 0 saturated carbocycles. The first-order valence-electron chi connectivity index (χ1n) is 9.90. The minimum Gasteiger partial charge on any atom is -0.356 e. The van der Waals surface area contributed by atoms with Gasteiger partial charge in [-0.25, -0.2) is 0 Å². The van der Waals surface area contributed by atoms with Gasteiger partial charge in [-0.3, -0.25) is 9.59 Å². The summed E-state index contributed by atoms with van der Waals surface area (Å²) in [6, 6.07) is 9.63. The number of amides is 2. The van der Waals surface area contributed by atoms with E-state index >= 15 is 0 Å². The smallest absolute Gasteiger partial charge is 0.246 e. The summed E-state index contributed by atoms with van der Waals surface area (Å²) in [4.78, 5) is 33.7. The van der Waals surface area contributed by atoms with Crippen molar-refractivity contribution in [3.63, 3.8) is 0 Å². The molecule has 0 radical (unpaired) electrons. The number of hydrogen-bond donors (Lipinski definition) is 1. The third-order valence-electron chi connectivity index (χ3n) is 5.98. The number of piperazine rings is 1. The first-order chi connectivity index (χ1) is 13.7. The molecule has 1 saturated heterocycles. The summed E-state index contributed by atoms with van der Waals surface area (Å²) in [5.74, 6) is 0.130. The van der Waals surface area contributed by atoms with E-state index in [4.69, 9.17) is 0 Å². The third-order valence-corrected chi connectivity index (χ3v) is 6.68. The molecule has 0 aliphatic carbocycles. The molecule has 1 aromatic carbocycles. The molecule has 5 nitrogen and oxygen atoms in total. The summed E-state index contributed by atoms with van der Waals surface area (Å²) in [7, 11) is 0. The number of unbranched alkanes of at least 4 members (excludes halogenated alkanes) is 1. The molecule has 3 aromatic rings. The van der Waals surface area contributed by atoms with Crippen LogP contribution >= 0.6 is 11.3 Å². The Morgan fingerprint density at radius 1 is 1.21 bits per heavy atom. The fourth-order valence-electron chi connectivity index (χ4n) is 4.64. The van der Waals surface area contributed by atoms with Gasteiger partial charge in [0.05, 0.1) is 12.6 Å². The van der Waals surface area contributed by atoms with Gasteiger partial charge in [0.1, 0.15) is 6.04 Å². The van der Waals surface area contributed by atoms with Crippen LogP contribution in [0.2, 0.25) is 0 Å². The molecule has 144 valence electrons. The highest BCUT2D eigenvalue weighted by Crippen LogP contribution is 2.42. The van der Waals surface area contributed by atoms with Gasteiger partial charge >= 0.3 is 0 Å². The maximum Gasteiger partial charge on any atom is 0.246 e. The zero-order chi connectivity index (χ0) is 19.3. The van der Waals surface area contributed by atoms with E-state index in [1.54, 1.807) is 16.2 Å². The number of nitrogens with zero attached hydrogens (tertiary/aromatic N) is 2. The molecule has 6 heteroatoms. The molecule has 2 amide bonds. The van der Waals surface area contributed by atoms with E-state index in [1.807, 2.05) is 22.4 Å². The van der Waals surface area contributed by atoms with Crippen molar-refractivity contribution in [2.24, 2.45) is 0 Å². The number of H-pyrrole nitrogens is 1. The Balaban J connectivity index is 1.65. The van der Waals surface area contributed by atoms with Gasteiger partial charge in [0.25, 0.3) is 0 Å². The van der Waals surface area contributed by atoms with Gasteiger partial charge in [-0.1, -0.05) is 31.5 Å². The second-order valence-corrected chi connectivity index (χ2v) is 8.44. The van der Waals surface area contributed by atoms with Gasteiger partial charge in [-0.05, 0) is 40.4 Å². The Morgan fingerprint density at radius 2 is 2.07 bits per heavy atom. The lowest BCUT2D eigenvalue weighted by molar-refractivity contribution is -0.158. The molecule has 2 atom stereocenters. The number of aromatic amines is 1. The van der Waals surface area contributed by atoms with Gasteiger partial charge in [0, 0.05) is 29.6 Å². The van der Waals surface area contributed by atoms with Crippen molar-refractivity contribution in [1.29, 1.82) is 0 Å². The van der Waals surface area contributed by atoms with Crippen molar-refractivity contribution in [3.05, 3.63) is 57.9 Å². The summed E-state index contributed by atoms with van der Waals surface area (Å²) in [6.07, 6.45) is 2.52. The van der Waals surface area contributed by atoms with E-state index in [9.17, 15) is 9.59 Å². The van der Waals surface area contributed by atoms with Crippen LogP contribution in [0.15, 0.2) is 41.1 Å². The van der Waals surface area contributed by atoms with E-state index in [0.29, 0.717) is 13.0 Å². The number of fused-ring (bicyclic) bond motifs is 4. The lowest BCUT2D eigenvalue weighted by atomic mass is 9.87. The summed E-state index contributed by atoms with van der Waals surface area (Å²) in [6.45, 7) is 2.95. The molecule has 2 aliphatic rings. The molecular formula is C22H23N3O2S. The average molecular weight is 394 g/mol. The van der Waals surface area contributed by atoms with Crippen molar-refractivity contribution in [2.75, 3.05) is 13.1 Å². The zero-order valence-electron chi connectivity index (χ0n) is 15.9. The van der Waals surface area contributed by atoms with Gasteiger partial charge in [-0.15, -0.1) is 0 Å². The Bertz CT molecular complexity index is 1040. The van der Waals surface area contributed by atoms with Crippen molar-refractivity contribution in [3.8, 4) is 0 Å². The second-order valence-electron chi connectivity index (χ2n) is 7.66. The normalized spacial score (nSPS) is 21.9. The van der Waals surface area contributed by atoms with Crippen molar-refractivity contribution < 1.29 is 9.59 Å². The second kappa shape index (κ2) is 6.78. The quantitative estimate of drug-likeness (QED) is 0.735. The molecule has 2 aromatic heterocycles. The zero-order valence-corrected chi connectivity index (χ0v) is 16.7. The fourth-order valence-corrected chi connectivity index (χ4v) is 5.32. The Kier molecular flexibility index (Phi) is 4.23. The van der Waals surface area contributed by atoms with Crippen LogP contribution < -0.4 is 0 Å². The lowest BCUT2D eigenvalue weighted by Gasteiger charge is -2.46. The molecule has 0 bridgehead atoms. The number of aromatic nitrogens is 1. The number of nitrogens with one attached hydrogen (secondary N) is 1. The standard InChI is InChI=1S/C22H23N3O2S/c1-2-3-9-24-12-19(26)25-18(22(24)27)11-16-15-6-4-5-7-17(15)23-20(16)21(25)14-8-10-28-13-14/h4-8,10,13,18,21,23H,2-3,9,11-12H2,1H3/t18-,21-/m0/s1. The molecule has 0 unspecified atom stereocenters. The Labute approximate surface area is 168 Å². The molecule has 28 heavy (non-hydrogen) atoms. The summed E-state index contributed by atoms with van der Waals surface area (Å²) >= 11 is 1.62. The number of carbonyl (C=O) groups excluding carboxylic acids is 2. The number of thiophene rings is 1. The molecule has 0 spiro atoms.